The second-order valence-electron chi connectivity index (χ2n) is 3.54. The Morgan fingerprint density at radius 2 is 2.35 bits per heavy atom. The summed E-state index contributed by atoms with van der Waals surface area (Å²) in [5, 5.41) is 2.67. The van der Waals surface area contributed by atoms with Gasteiger partial charge in [0, 0.05) is 18.3 Å². The van der Waals surface area contributed by atoms with Crippen LogP contribution >= 0.6 is 11.8 Å². The molecule has 1 aromatic rings. The van der Waals surface area contributed by atoms with Crippen LogP contribution in [0.5, 0.6) is 0 Å². The van der Waals surface area contributed by atoms with Gasteiger partial charge in [-0.1, -0.05) is 12.1 Å². The molecule has 0 aliphatic heterocycles. The first-order valence-corrected chi connectivity index (χ1v) is 6.56. The molecular weight excluding hydrogens is 239 g/mol. The molecule has 0 saturated heterocycles. The molecular formula is C12H17FN2OS. The number of amides is 1. The van der Waals surface area contributed by atoms with E-state index in [1.165, 1.54) is 23.9 Å². The molecule has 0 aliphatic rings. The fraction of sp³-hybridized carbons (Fsp3) is 0.417. The molecule has 0 spiro atoms. The molecule has 1 unspecified atom stereocenters. The van der Waals surface area contributed by atoms with Crippen molar-refractivity contribution in [1.82, 2.24) is 5.32 Å². The number of nitrogens with one attached hydrogen (secondary N) is 1. The van der Waals surface area contributed by atoms with Crippen molar-refractivity contribution in [3.8, 4) is 0 Å². The van der Waals surface area contributed by atoms with Crippen LogP contribution < -0.4 is 11.1 Å². The molecule has 1 rings (SSSR count). The van der Waals surface area contributed by atoms with Gasteiger partial charge in [0.05, 0.1) is 5.75 Å². The molecule has 1 aromatic carbocycles. The van der Waals surface area contributed by atoms with Gasteiger partial charge < -0.3 is 11.1 Å². The summed E-state index contributed by atoms with van der Waals surface area (Å²) >= 11 is 1.43. The normalized spacial score (nSPS) is 12.2. The predicted molar refractivity (Wildman–Crippen MR) is 69.3 cm³/mol. The van der Waals surface area contributed by atoms with E-state index in [1.54, 1.807) is 6.07 Å². The van der Waals surface area contributed by atoms with E-state index >= 15 is 0 Å². The molecule has 0 aromatic heterocycles. The van der Waals surface area contributed by atoms with Gasteiger partial charge in [-0.15, -0.1) is 11.8 Å². The van der Waals surface area contributed by atoms with Crippen molar-refractivity contribution in [3.63, 3.8) is 0 Å². The Morgan fingerprint density at radius 3 is 2.94 bits per heavy atom. The molecule has 5 heteroatoms. The van der Waals surface area contributed by atoms with Gasteiger partial charge in [-0.3, -0.25) is 4.79 Å². The topological polar surface area (TPSA) is 55.1 Å². The van der Waals surface area contributed by atoms with E-state index < -0.39 is 0 Å². The summed E-state index contributed by atoms with van der Waals surface area (Å²) in [6.07, 6.45) is 0. The Balaban J connectivity index is 2.57. The molecule has 0 fully saturated rings. The molecule has 0 bridgehead atoms. The molecule has 0 radical (unpaired) electrons. The van der Waals surface area contributed by atoms with Crippen LogP contribution in [0.1, 0.15) is 17.7 Å². The Morgan fingerprint density at radius 1 is 1.59 bits per heavy atom. The molecule has 1 atom stereocenters. The third-order valence-corrected chi connectivity index (χ3v) is 3.52. The number of nitrogens with two attached hydrogens (primary N) is 1. The summed E-state index contributed by atoms with van der Waals surface area (Å²) in [5.74, 6) is 0.0403. The molecule has 3 N–H and O–H groups in total. The number of thioether (sulfide) groups is 1. The van der Waals surface area contributed by atoms with E-state index in [9.17, 15) is 9.18 Å². The second-order valence-corrected chi connectivity index (χ2v) is 4.73. The highest BCUT2D eigenvalue weighted by atomic mass is 32.2. The Hall–Kier alpha value is -1.07. The first kappa shape index (κ1) is 14.0. The molecule has 0 aliphatic carbocycles. The summed E-state index contributed by atoms with van der Waals surface area (Å²) in [6.45, 7) is 2.87. The van der Waals surface area contributed by atoms with E-state index in [1.807, 2.05) is 13.0 Å². The van der Waals surface area contributed by atoms with Crippen LogP contribution in [0.3, 0.4) is 0 Å². The van der Waals surface area contributed by atoms with Gasteiger partial charge >= 0.3 is 0 Å². The van der Waals surface area contributed by atoms with Gasteiger partial charge in [0.25, 0.3) is 0 Å². The third-order valence-electron chi connectivity index (χ3n) is 2.22. The zero-order chi connectivity index (χ0) is 12.7. The first-order chi connectivity index (χ1) is 8.17. The molecule has 0 saturated carbocycles. The molecule has 3 nitrogen and oxygen atoms in total. The lowest BCUT2D eigenvalue weighted by Crippen LogP contribution is -2.25. The highest BCUT2D eigenvalue weighted by Crippen LogP contribution is 2.27. The first-order valence-electron chi connectivity index (χ1n) is 5.51. The van der Waals surface area contributed by atoms with E-state index in [0.29, 0.717) is 18.8 Å². The monoisotopic (exact) mass is 256 g/mol. The largest absolute Gasteiger partial charge is 0.356 e. The van der Waals surface area contributed by atoms with Crippen LogP contribution in [0.4, 0.5) is 4.39 Å². The third kappa shape index (κ3) is 4.75. The fourth-order valence-corrected chi connectivity index (χ4v) is 2.36. The SMILES string of the molecule is CCNC(=O)CSC(CN)c1cccc(F)c1. The van der Waals surface area contributed by atoms with E-state index in [4.69, 9.17) is 5.73 Å². The van der Waals surface area contributed by atoms with E-state index in [2.05, 4.69) is 5.32 Å². The minimum atomic E-state index is -0.278. The van der Waals surface area contributed by atoms with Crippen molar-refractivity contribution in [1.29, 1.82) is 0 Å². The van der Waals surface area contributed by atoms with Gasteiger partial charge in [0.2, 0.25) is 5.91 Å². The molecule has 1 amide bonds. The van der Waals surface area contributed by atoms with Gasteiger partial charge in [-0.2, -0.15) is 0 Å². The minimum Gasteiger partial charge on any atom is -0.356 e. The quantitative estimate of drug-likeness (QED) is 0.814. The zero-order valence-corrected chi connectivity index (χ0v) is 10.6. The van der Waals surface area contributed by atoms with E-state index in [0.717, 1.165) is 5.56 Å². The Kier molecular flexibility index (Phi) is 6.00. The Bertz CT molecular complexity index is 373. The summed E-state index contributed by atoms with van der Waals surface area (Å²) in [6, 6.07) is 6.33. The van der Waals surface area contributed by atoms with E-state index in [-0.39, 0.29) is 17.0 Å². The number of benzene rings is 1. The predicted octanol–water partition coefficient (Wildman–Crippen LogP) is 1.69. The average Bonchev–Trinajstić information content (AvgIpc) is 2.30. The van der Waals surface area contributed by atoms with Gasteiger partial charge in [-0.05, 0) is 24.6 Å². The maximum absolute atomic E-state index is 13.1. The lowest BCUT2D eigenvalue weighted by atomic mass is 10.1. The summed E-state index contributed by atoms with van der Waals surface area (Å²) in [5.41, 5.74) is 6.46. The maximum Gasteiger partial charge on any atom is 0.230 e. The van der Waals surface area contributed by atoms with Crippen molar-refractivity contribution >= 4 is 17.7 Å². The van der Waals surface area contributed by atoms with Crippen LogP contribution in [-0.4, -0.2) is 24.7 Å². The van der Waals surface area contributed by atoms with Gasteiger partial charge in [-0.25, -0.2) is 4.39 Å². The zero-order valence-electron chi connectivity index (χ0n) is 9.78. The number of carbonyl (C=O) groups excluding carboxylic acids is 1. The summed E-state index contributed by atoms with van der Waals surface area (Å²) in [4.78, 5) is 11.3. The minimum absolute atomic E-state index is 0.0210. The molecule has 17 heavy (non-hydrogen) atoms. The lowest BCUT2D eigenvalue weighted by molar-refractivity contribution is -0.118. The molecule has 94 valence electrons. The highest BCUT2D eigenvalue weighted by Gasteiger charge is 2.12. The van der Waals surface area contributed by atoms with Crippen LogP contribution in [-0.2, 0) is 4.79 Å². The van der Waals surface area contributed by atoms with Crippen LogP contribution in [0, 0.1) is 5.82 Å². The molecule has 0 heterocycles. The average molecular weight is 256 g/mol. The van der Waals surface area contributed by atoms with Crippen LogP contribution in [0.2, 0.25) is 0 Å². The number of halogens is 1. The highest BCUT2D eigenvalue weighted by molar-refractivity contribution is 8.00. The number of hydrogen-bond donors (Lipinski definition) is 2. The number of rotatable bonds is 6. The summed E-state index contributed by atoms with van der Waals surface area (Å²) < 4.78 is 13.1. The fourth-order valence-electron chi connectivity index (χ4n) is 1.43. The van der Waals surface area contributed by atoms with Crippen molar-refractivity contribution < 1.29 is 9.18 Å². The van der Waals surface area contributed by atoms with Crippen LogP contribution in [0.15, 0.2) is 24.3 Å². The Labute approximate surface area is 105 Å². The van der Waals surface area contributed by atoms with Gasteiger partial charge in [0.15, 0.2) is 0 Å². The summed E-state index contributed by atoms with van der Waals surface area (Å²) in [7, 11) is 0. The van der Waals surface area contributed by atoms with Crippen molar-refractivity contribution in [3.05, 3.63) is 35.6 Å². The van der Waals surface area contributed by atoms with Crippen molar-refractivity contribution in [2.75, 3.05) is 18.8 Å². The lowest BCUT2D eigenvalue weighted by Gasteiger charge is -2.14. The standard InChI is InChI=1S/C12H17FN2OS/c1-2-15-12(16)8-17-11(7-14)9-4-3-5-10(13)6-9/h3-6,11H,2,7-8,14H2,1H3,(H,15,16). The van der Waals surface area contributed by atoms with Crippen molar-refractivity contribution in [2.24, 2.45) is 5.73 Å². The smallest absolute Gasteiger partial charge is 0.230 e. The second kappa shape index (κ2) is 7.29. The number of carbonyl (C=O) groups is 1. The van der Waals surface area contributed by atoms with Crippen LogP contribution in [0.25, 0.3) is 0 Å². The maximum atomic E-state index is 13.1. The number of hydrogen-bond acceptors (Lipinski definition) is 3. The van der Waals surface area contributed by atoms with Gasteiger partial charge in [0.1, 0.15) is 5.82 Å². The van der Waals surface area contributed by atoms with Crippen molar-refractivity contribution in [2.45, 2.75) is 12.2 Å².